The maximum absolute atomic E-state index is 12.3. The van der Waals surface area contributed by atoms with Crippen molar-refractivity contribution < 1.29 is 9.53 Å². The first-order valence-electron chi connectivity index (χ1n) is 6.56. The summed E-state index contributed by atoms with van der Waals surface area (Å²) in [4.78, 5) is 14.3. The Morgan fingerprint density at radius 2 is 2.16 bits per heavy atom. The minimum Gasteiger partial charge on any atom is -0.497 e. The van der Waals surface area contributed by atoms with E-state index in [-0.39, 0.29) is 11.9 Å². The molecule has 19 heavy (non-hydrogen) atoms. The van der Waals surface area contributed by atoms with Gasteiger partial charge in [0.25, 0.3) is 0 Å². The summed E-state index contributed by atoms with van der Waals surface area (Å²) in [6.07, 6.45) is 1.40. The lowest BCUT2D eigenvalue weighted by Crippen LogP contribution is -2.38. The lowest BCUT2D eigenvalue weighted by Gasteiger charge is -2.26. The Kier molecular flexibility index (Phi) is 6.92. The van der Waals surface area contributed by atoms with Gasteiger partial charge in [-0.3, -0.25) is 4.79 Å². The number of hydrogen-bond donors (Lipinski definition) is 0. The molecule has 1 aromatic carbocycles. The molecule has 0 unspecified atom stereocenters. The van der Waals surface area contributed by atoms with Crippen molar-refractivity contribution >= 4 is 21.8 Å². The van der Waals surface area contributed by atoms with Crippen LogP contribution in [0.3, 0.4) is 0 Å². The van der Waals surface area contributed by atoms with Crippen LogP contribution in [0.4, 0.5) is 0 Å². The highest BCUT2D eigenvalue weighted by Gasteiger charge is 2.16. The number of alkyl halides is 1. The third-order valence-electron chi connectivity index (χ3n) is 2.97. The Balaban J connectivity index is 2.69. The Bertz CT molecular complexity index is 407. The van der Waals surface area contributed by atoms with Crippen LogP contribution < -0.4 is 4.74 Å². The van der Waals surface area contributed by atoms with Crippen LogP contribution >= 0.6 is 15.9 Å². The van der Waals surface area contributed by atoms with E-state index < -0.39 is 0 Å². The SMILES string of the molecule is COc1cccc(CC(=O)N(CCCBr)C(C)C)c1. The highest BCUT2D eigenvalue weighted by atomic mass is 79.9. The summed E-state index contributed by atoms with van der Waals surface area (Å²) in [6.45, 7) is 4.90. The molecule has 0 aliphatic rings. The van der Waals surface area contributed by atoms with Crippen molar-refractivity contribution in [3.63, 3.8) is 0 Å². The van der Waals surface area contributed by atoms with Crippen molar-refractivity contribution in [1.82, 2.24) is 4.90 Å². The molecule has 0 atom stereocenters. The van der Waals surface area contributed by atoms with Crippen molar-refractivity contribution in [1.29, 1.82) is 0 Å². The average Bonchev–Trinajstić information content (AvgIpc) is 2.39. The maximum Gasteiger partial charge on any atom is 0.227 e. The second kappa shape index (κ2) is 8.20. The third-order valence-corrected chi connectivity index (χ3v) is 3.53. The van der Waals surface area contributed by atoms with Crippen molar-refractivity contribution in [2.45, 2.75) is 32.7 Å². The molecule has 0 heterocycles. The van der Waals surface area contributed by atoms with Gasteiger partial charge in [0.1, 0.15) is 5.75 Å². The fourth-order valence-corrected chi connectivity index (χ4v) is 2.21. The van der Waals surface area contributed by atoms with E-state index in [0.717, 1.165) is 29.6 Å². The number of hydrogen-bond acceptors (Lipinski definition) is 2. The monoisotopic (exact) mass is 327 g/mol. The smallest absolute Gasteiger partial charge is 0.227 e. The summed E-state index contributed by atoms with van der Waals surface area (Å²) < 4.78 is 5.18. The fourth-order valence-electron chi connectivity index (χ4n) is 1.96. The van der Waals surface area contributed by atoms with E-state index in [1.807, 2.05) is 29.2 Å². The van der Waals surface area contributed by atoms with Crippen LogP contribution in [0.15, 0.2) is 24.3 Å². The largest absolute Gasteiger partial charge is 0.497 e. The van der Waals surface area contributed by atoms with Gasteiger partial charge >= 0.3 is 0 Å². The van der Waals surface area contributed by atoms with Gasteiger partial charge in [0.15, 0.2) is 0 Å². The Hall–Kier alpha value is -1.03. The molecular formula is C15H22BrNO2. The van der Waals surface area contributed by atoms with Crippen molar-refractivity contribution in [3.05, 3.63) is 29.8 Å². The molecule has 0 aliphatic heterocycles. The van der Waals surface area contributed by atoms with Gasteiger partial charge in [-0.1, -0.05) is 28.1 Å². The summed E-state index contributed by atoms with van der Waals surface area (Å²) in [6, 6.07) is 7.92. The van der Waals surface area contributed by atoms with Gasteiger partial charge in [-0.25, -0.2) is 0 Å². The fraction of sp³-hybridized carbons (Fsp3) is 0.533. The molecule has 0 bridgehead atoms. The highest BCUT2D eigenvalue weighted by Crippen LogP contribution is 2.14. The zero-order valence-corrected chi connectivity index (χ0v) is 13.4. The van der Waals surface area contributed by atoms with Gasteiger partial charge in [-0.05, 0) is 38.0 Å². The van der Waals surface area contributed by atoms with Gasteiger partial charge < -0.3 is 9.64 Å². The predicted molar refractivity (Wildman–Crippen MR) is 82.0 cm³/mol. The molecule has 3 nitrogen and oxygen atoms in total. The summed E-state index contributed by atoms with van der Waals surface area (Å²) in [7, 11) is 1.64. The number of carbonyl (C=O) groups is 1. The Morgan fingerprint density at radius 1 is 1.42 bits per heavy atom. The summed E-state index contributed by atoms with van der Waals surface area (Å²) in [5.74, 6) is 0.964. The number of carbonyl (C=O) groups excluding carboxylic acids is 1. The van der Waals surface area contributed by atoms with Gasteiger partial charge in [0.05, 0.1) is 13.5 Å². The second-order valence-electron chi connectivity index (χ2n) is 4.75. The van der Waals surface area contributed by atoms with Crippen molar-refractivity contribution in [2.75, 3.05) is 19.0 Å². The topological polar surface area (TPSA) is 29.5 Å². The lowest BCUT2D eigenvalue weighted by molar-refractivity contribution is -0.132. The van der Waals surface area contributed by atoms with Crippen molar-refractivity contribution in [2.24, 2.45) is 0 Å². The molecule has 0 radical (unpaired) electrons. The summed E-state index contributed by atoms with van der Waals surface area (Å²) in [5, 5.41) is 0.919. The van der Waals surface area contributed by atoms with E-state index in [4.69, 9.17) is 4.74 Å². The molecule has 1 aromatic rings. The number of methoxy groups -OCH3 is 1. The zero-order chi connectivity index (χ0) is 14.3. The molecule has 0 aromatic heterocycles. The minimum absolute atomic E-state index is 0.171. The average molecular weight is 328 g/mol. The van der Waals surface area contributed by atoms with Gasteiger partial charge in [-0.2, -0.15) is 0 Å². The number of ether oxygens (including phenoxy) is 1. The minimum atomic E-state index is 0.171. The van der Waals surface area contributed by atoms with E-state index in [1.54, 1.807) is 7.11 Å². The first-order valence-corrected chi connectivity index (χ1v) is 7.69. The van der Waals surface area contributed by atoms with Gasteiger partial charge in [0.2, 0.25) is 5.91 Å². The molecule has 1 amide bonds. The Morgan fingerprint density at radius 3 is 2.74 bits per heavy atom. The molecule has 0 N–H and O–H groups in total. The second-order valence-corrected chi connectivity index (χ2v) is 5.54. The van der Waals surface area contributed by atoms with Crippen LogP contribution in [0.1, 0.15) is 25.8 Å². The maximum atomic E-state index is 12.3. The first kappa shape index (κ1) is 16.0. The molecule has 0 fully saturated rings. The van der Waals surface area contributed by atoms with Gasteiger partial charge in [-0.15, -0.1) is 0 Å². The molecule has 0 saturated heterocycles. The molecule has 0 aliphatic carbocycles. The first-order chi connectivity index (χ1) is 9.08. The highest BCUT2D eigenvalue weighted by molar-refractivity contribution is 9.09. The van der Waals surface area contributed by atoms with Gasteiger partial charge in [0, 0.05) is 17.9 Å². The van der Waals surface area contributed by atoms with E-state index in [2.05, 4.69) is 29.8 Å². The molecule has 4 heteroatoms. The molecule has 1 rings (SSSR count). The Labute approximate surface area is 124 Å². The van der Waals surface area contributed by atoms with E-state index in [9.17, 15) is 4.79 Å². The predicted octanol–water partition coefficient (Wildman–Crippen LogP) is 3.26. The number of halogens is 1. The number of benzene rings is 1. The van der Waals surface area contributed by atoms with Crippen LogP contribution in [0.2, 0.25) is 0 Å². The molecular weight excluding hydrogens is 306 g/mol. The standard InChI is InChI=1S/C15H22BrNO2/c1-12(2)17(9-5-8-16)15(18)11-13-6-4-7-14(10-13)19-3/h4,6-7,10,12H,5,8-9,11H2,1-3H3. The van der Waals surface area contributed by atoms with E-state index in [1.165, 1.54) is 0 Å². The van der Waals surface area contributed by atoms with Crippen LogP contribution in [0.25, 0.3) is 0 Å². The van der Waals surface area contributed by atoms with Crippen LogP contribution in [-0.4, -0.2) is 35.8 Å². The normalized spacial score (nSPS) is 10.6. The number of amides is 1. The lowest BCUT2D eigenvalue weighted by atomic mass is 10.1. The van der Waals surface area contributed by atoms with E-state index >= 15 is 0 Å². The van der Waals surface area contributed by atoms with Crippen LogP contribution in [-0.2, 0) is 11.2 Å². The van der Waals surface area contributed by atoms with Crippen LogP contribution in [0.5, 0.6) is 5.75 Å². The quantitative estimate of drug-likeness (QED) is 0.719. The van der Waals surface area contributed by atoms with Crippen molar-refractivity contribution in [3.8, 4) is 5.75 Å². The zero-order valence-electron chi connectivity index (χ0n) is 11.9. The molecule has 106 valence electrons. The third kappa shape index (κ3) is 5.23. The molecule has 0 spiro atoms. The van der Waals surface area contributed by atoms with Crippen LogP contribution in [0, 0.1) is 0 Å². The summed E-state index contributed by atoms with van der Waals surface area (Å²) in [5.41, 5.74) is 0.994. The summed E-state index contributed by atoms with van der Waals surface area (Å²) >= 11 is 3.41. The van der Waals surface area contributed by atoms with E-state index in [0.29, 0.717) is 6.42 Å². The number of nitrogens with zero attached hydrogens (tertiary/aromatic N) is 1. The molecule has 0 saturated carbocycles. The number of rotatable bonds is 7.